The third-order valence-electron chi connectivity index (χ3n) is 2.21. The van der Waals surface area contributed by atoms with Gasteiger partial charge in [-0.25, -0.2) is 4.39 Å². The van der Waals surface area contributed by atoms with Gasteiger partial charge in [0.25, 0.3) is 0 Å². The van der Waals surface area contributed by atoms with Crippen molar-refractivity contribution in [3.63, 3.8) is 0 Å². The number of benzene rings is 2. The fraction of sp³-hybridized carbons (Fsp3) is 0. The molecular formula is C13H7BrClFO2. The Morgan fingerprint density at radius 1 is 1.17 bits per heavy atom. The van der Waals surface area contributed by atoms with Gasteiger partial charge in [0.1, 0.15) is 12.0 Å². The number of ether oxygens (including phenoxy) is 1. The van der Waals surface area contributed by atoms with Gasteiger partial charge in [-0.1, -0.05) is 27.5 Å². The number of hydrogen-bond donors (Lipinski definition) is 0. The molecule has 92 valence electrons. The molecular weight excluding hydrogens is 322 g/mol. The third-order valence-corrected chi connectivity index (χ3v) is 2.99. The van der Waals surface area contributed by atoms with E-state index in [9.17, 15) is 9.18 Å². The van der Waals surface area contributed by atoms with Crippen LogP contribution in [0.1, 0.15) is 10.4 Å². The van der Waals surface area contributed by atoms with Crippen molar-refractivity contribution >= 4 is 33.8 Å². The molecule has 0 spiro atoms. The summed E-state index contributed by atoms with van der Waals surface area (Å²) in [6, 6.07) is 8.97. The maximum Gasteiger partial charge on any atom is 0.166 e. The van der Waals surface area contributed by atoms with Crippen molar-refractivity contribution in [2.75, 3.05) is 0 Å². The fourth-order valence-corrected chi connectivity index (χ4v) is 2.06. The Hall–Kier alpha value is -1.39. The van der Waals surface area contributed by atoms with Crippen molar-refractivity contribution in [2.24, 2.45) is 0 Å². The summed E-state index contributed by atoms with van der Waals surface area (Å²) >= 11 is 9.22. The molecule has 5 heteroatoms. The summed E-state index contributed by atoms with van der Waals surface area (Å²) < 4.78 is 19.8. The number of hydrogen-bond acceptors (Lipinski definition) is 2. The largest absolute Gasteiger partial charge is 0.453 e. The Labute approximate surface area is 116 Å². The van der Waals surface area contributed by atoms with Gasteiger partial charge in [-0.05, 0) is 36.4 Å². The van der Waals surface area contributed by atoms with E-state index in [0.29, 0.717) is 17.1 Å². The quantitative estimate of drug-likeness (QED) is 0.753. The lowest BCUT2D eigenvalue weighted by Gasteiger charge is -2.08. The first-order chi connectivity index (χ1) is 8.60. The molecule has 0 aliphatic rings. The highest BCUT2D eigenvalue weighted by Gasteiger charge is 2.08. The molecule has 0 saturated heterocycles. The average molecular weight is 330 g/mol. The molecule has 0 radical (unpaired) electrons. The monoisotopic (exact) mass is 328 g/mol. The molecule has 2 aromatic rings. The van der Waals surface area contributed by atoms with Crippen LogP contribution >= 0.6 is 27.5 Å². The first-order valence-corrected chi connectivity index (χ1v) is 6.15. The van der Waals surface area contributed by atoms with Crippen LogP contribution in [0, 0.1) is 5.82 Å². The lowest BCUT2D eigenvalue weighted by Crippen LogP contribution is -1.91. The van der Waals surface area contributed by atoms with Crippen LogP contribution in [-0.4, -0.2) is 6.29 Å². The van der Waals surface area contributed by atoms with Gasteiger partial charge in [-0.2, -0.15) is 0 Å². The average Bonchev–Trinajstić information content (AvgIpc) is 2.34. The first-order valence-electron chi connectivity index (χ1n) is 4.98. The zero-order chi connectivity index (χ0) is 13.1. The van der Waals surface area contributed by atoms with Gasteiger partial charge in [-0.3, -0.25) is 4.79 Å². The molecule has 0 fully saturated rings. The number of rotatable bonds is 3. The predicted molar refractivity (Wildman–Crippen MR) is 71.0 cm³/mol. The summed E-state index contributed by atoms with van der Waals surface area (Å²) in [4.78, 5) is 10.5. The molecule has 0 aliphatic carbocycles. The molecule has 0 aromatic heterocycles. The number of carbonyl (C=O) groups is 1. The predicted octanol–water partition coefficient (Wildman–Crippen LogP) is 4.85. The van der Waals surface area contributed by atoms with Gasteiger partial charge in [0, 0.05) is 10.0 Å². The number of aldehydes is 1. The van der Waals surface area contributed by atoms with Crippen molar-refractivity contribution < 1.29 is 13.9 Å². The van der Waals surface area contributed by atoms with Crippen LogP contribution in [0.2, 0.25) is 5.02 Å². The van der Waals surface area contributed by atoms with Crippen molar-refractivity contribution in [1.82, 2.24) is 0 Å². The first kappa shape index (κ1) is 13.1. The normalized spacial score (nSPS) is 10.2. The summed E-state index contributed by atoms with van der Waals surface area (Å²) in [5, 5.41) is 0.364. The van der Waals surface area contributed by atoms with Gasteiger partial charge in [0.05, 0.1) is 5.02 Å². The van der Waals surface area contributed by atoms with E-state index < -0.39 is 5.82 Å². The molecule has 0 amide bonds. The standard InChI is InChI=1S/C13H7BrClFO2/c14-9-2-4-12(10(15)6-9)18-13-3-1-8(7-17)5-11(13)16/h1-7H. The molecule has 2 nitrogen and oxygen atoms in total. The Bertz CT molecular complexity index is 602. The van der Waals surface area contributed by atoms with Gasteiger partial charge >= 0.3 is 0 Å². The molecule has 0 atom stereocenters. The third kappa shape index (κ3) is 2.89. The van der Waals surface area contributed by atoms with Crippen LogP contribution in [0.3, 0.4) is 0 Å². The van der Waals surface area contributed by atoms with Crippen molar-refractivity contribution in [3.05, 3.63) is 57.3 Å². The fourth-order valence-electron chi connectivity index (χ4n) is 1.35. The molecule has 0 aliphatic heterocycles. The maximum atomic E-state index is 13.6. The SMILES string of the molecule is O=Cc1ccc(Oc2ccc(Br)cc2Cl)c(F)c1. The minimum Gasteiger partial charge on any atom is -0.453 e. The Balaban J connectivity index is 2.31. The molecule has 0 unspecified atom stereocenters. The zero-order valence-corrected chi connectivity index (χ0v) is 11.3. The van der Waals surface area contributed by atoms with Crippen LogP contribution in [0.25, 0.3) is 0 Å². The summed E-state index contributed by atoms with van der Waals surface area (Å²) in [5.74, 6) is -0.249. The van der Waals surface area contributed by atoms with Crippen molar-refractivity contribution in [2.45, 2.75) is 0 Å². The number of halogens is 3. The lowest BCUT2D eigenvalue weighted by atomic mass is 10.2. The van der Waals surface area contributed by atoms with Crippen LogP contribution < -0.4 is 4.74 Å². The summed E-state index contributed by atoms with van der Waals surface area (Å²) in [7, 11) is 0. The highest BCUT2D eigenvalue weighted by atomic mass is 79.9. The maximum absolute atomic E-state index is 13.6. The summed E-state index contributed by atoms with van der Waals surface area (Å²) in [5.41, 5.74) is 0.252. The second-order valence-corrected chi connectivity index (χ2v) is 4.81. The van der Waals surface area contributed by atoms with E-state index in [1.54, 1.807) is 18.2 Å². The van der Waals surface area contributed by atoms with Crippen LogP contribution in [0.15, 0.2) is 40.9 Å². The van der Waals surface area contributed by atoms with Crippen molar-refractivity contribution in [3.8, 4) is 11.5 Å². The minimum absolute atomic E-state index is 0.0184. The van der Waals surface area contributed by atoms with Gasteiger partial charge in [0.15, 0.2) is 11.6 Å². The molecule has 2 aromatic carbocycles. The van der Waals surface area contributed by atoms with E-state index in [2.05, 4.69) is 15.9 Å². The zero-order valence-electron chi connectivity index (χ0n) is 8.99. The smallest absolute Gasteiger partial charge is 0.166 e. The van der Waals surface area contributed by atoms with Crippen LogP contribution in [-0.2, 0) is 0 Å². The molecule has 0 saturated carbocycles. The van der Waals surface area contributed by atoms with E-state index in [0.717, 1.165) is 10.5 Å². The van der Waals surface area contributed by atoms with Gasteiger partial charge < -0.3 is 4.74 Å². The molecule has 0 heterocycles. The Morgan fingerprint density at radius 2 is 1.89 bits per heavy atom. The molecule has 0 N–H and O–H groups in total. The topological polar surface area (TPSA) is 26.3 Å². The van der Waals surface area contributed by atoms with E-state index >= 15 is 0 Å². The van der Waals surface area contributed by atoms with Crippen LogP contribution in [0.5, 0.6) is 11.5 Å². The lowest BCUT2D eigenvalue weighted by molar-refractivity contribution is 0.112. The summed E-state index contributed by atoms with van der Waals surface area (Å²) in [6.45, 7) is 0. The van der Waals surface area contributed by atoms with E-state index in [1.807, 2.05) is 0 Å². The number of carbonyl (C=O) groups excluding carboxylic acids is 1. The van der Waals surface area contributed by atoms with E-state index in [1.165, 1.54) is 12.1 Å². The van der Waals surface area contributed by atoms with Gasteiger partial charge in [-0.15, -0.1) is 0 Å². The van der Waals surface area contributed by atoms with E-state index in [4.69, 9.17) is 16.3 Å². The van der Waals surface area contributed by atoms with E-state index in [-0.39, 0.29) is 11.3 Å². The molecule has 18 heavy (non-hydrogen) atoms. The van der Waals surface area contributed by atoms with Crippen molar-refractivity contribution in [1.29, 1.82) is 0 Å². The Kier molecular flexibility index (Phi) is 3.99. The Morgan fingerprint density at radius 3 is 2.50 bits per heavy atom. The highest BCUT2D eigenvalue weighted by molar-refractivity contribution is 9.10. The van der Waals surface area contributed by atoms with Gasteiger partial charge in [0.2, 0.25) is 0 Å². The molecule has 0 bridgehead atoms. The minimum atomic E-state index is -0.612. The van der Waals surface area contributed by atoms with Crippen LogP contribution in [0.4, 0.5) is 4.39 Å². The second kappa shape index (κ2) is 5.50. The summed E-state index contributed by atoms with van der Waals surface area (Å²) in [6.07, 6.45) is 0.569. The highest BCUT2D eigenvalue weighted by Crippen LogP contribution is 2.32. The molecule has 2 rings (SSSR count). The second-order valence-electron chi connectivity index (χ2n) is 3.48.